The molecule has 0 aliphatic carbocycles. The van der Waals surface area contributed by atoms with Crippen molar-refractivity contribution in [2.45, 2.75) is 12.5 Å². The average Bonchev–Trinajstić information content (AvgIpc) is 2.63. The molecule has 1 atom stereocenters. The van der Waals surface area contributed by atoms with E-state index in [1.807, 2.05) is 6.07 Å². The van der Waals surface area contributed by atoms with Gasteiger partial charge in [-0.15, -0.1) is 0 Å². The van der Waals surface area contributed by atoms with Gasteiger partial charge in [-0.05, 0) is 45.8 Å². The number of pyridine rings is 1. The first-order valence-corrected chi connectivity index (χ1v) is 9.43. The quantitative estimate of drug-likeness (QED) is 0.568. The topological polar surface area (TPSA) is 79.3 Å². The zero-order valence-electron chi connectivity index (χ0n) is 13.7. The molecule has 1 aromatic heterocycles. The molecule has 0 saturated heterocycles. The number of hydrogen-bond donors (Lipinski definition) is 2. The van der Waals surface area contributed by atoms with E-state index in [2.05, 4.69) is 26.2 Å². The van der Waals surface area contributed by atoms with Crippen molar-refractivity contribution >= 4 is 61.9 Å². The van der Waals surface area contributed by atoms with E-state index in [1.54, 1.807) is 30.5 Å². The Labute approximate surface area is 173 Å². The Morgan fingerprint density at radius 1 is 1.11 bits per heavy atom. The van der Waals surface area contributed by atoms with Gasteiger partial charge in [0.2, 0.25) is 0 Å². The highest BCUT2D eigenvalue weighted by molar-refractivity contribution is 9.10. The fourth-order valence-electron chi connectivity index (χ4n) is 2.74. The van der Waals surface area contributed by atoms with Gasteiger partial charge < -0.3 is 10.4 Å². The molecule has 0 bridgehead atoms. The minimum absolute atomic E-state index is 0.0504. The molecule has 2 aromatic carbocycles. The monoisotopic (exact) mass is 466 g/mol. The Balaban J connectivity index is 1.91. The van der Waals surface area contributed by atoms with Gasteiger partial charge in [-0.3, -0.25) is 9.78 Å². The predicted octanol–water partition coefficient (Wildman–Crippen LogP) is 4.73. The van der Waals surface area contributed by atoms with Crippen LogP contribution in [0.1, 0.15) is 15.9 Å². The second-order valence-corrected chi connectivity index (χ2v) is 7.44. The van der Waals surface area contributed by atoms with Gasteiger partial charge in [0, 0.05) is 22.5 Å². The van der Waals surface area contributed by atoms with E-state index in [1.165, 1.54) is 12.1 Å². The second-order valence-electron chi connectivity index (χ2n) is 5.77. The van der Waals surface area contributed by atoms with E-state index in [-0.39, 0.29) is 22.0 Å². The van der Waals surface area contributed by atoms with Crippen molar-refractivity contribution in [2.75, 3.05) is 0 Å². The van der Waals surface area contributed by atoms with E-state index >= 15 is 0 Å². The Morgan fingerprint density at radius 3 is 2.48 bits per heavy atom. The molecule has 138 valence electrons. The highest BCUT2D eigenvalue weighted by Crippen LogP contribution is 2.27. The Bertz CT molecular complexity index is 1020. The van der Waals surface area contributed by atoms with Crippen LogP contribution in [-0.2, 0) is 11.2 Å². The molecule has 5 nitrogen and oxygen atoms in total. The van der Waals surface area contributed by atoms with Crippen LogP contribution in [0.5, 0.6) is 0 Å². The first-order chi connectivity index (χ1) is 12.9. The van der Waals surface area contributed by atoms with Gasteiger partial charge in [0.15, 0.2) is 0 Å². The zero-order valence-corrected chi connectivity index (χ0v) is 16.8. The van der Waals surface area contributed by atoms with Crippen molar-refractivity contribution in [1.29, 1.82) is 0 Å². The van der Waals surface area contributed by atoms with Crippen LogP contribution in [0, 0.1) is 0 Å². The van der Waals surface area contributed by atoms with Crippen LogP contribution in [0.2, 0.25) is 10.0 Å². The van der Waals surface area contributed by atoms with E-state index < -0.39 is 17.9 Å². The number of rotatable bonds is 5. The van der Waals surface area contributed by atoms with Gasteiger partial charge in [0.1, 0.15) is 6.04 Å². The number of carboxylic acids is 1. The number of carboxylic acid groups (broad SMARTS) is 1. The van der Waals surface area contributed by atoms with Crippen LogP contribution >= 0.6 is 39.1 Å². The van der Waals surface area contributed by atoms with Crippen molar-refractivity contribution in [1.82, 2.24) is 10.3 Å². The van der Waals surface area contributed by atoms with E-state index in [0.717, 1.165) is 20.9 Å². The second kappa shape index (κ2) is 8.25. The molecule has 0 aliphatic heterocycles. The normalized spacial score (nSPS) is 12.0. The summed E-state index contributed by atoms with van der Waals surface area (Å²) < 4.78 is 0.806. The molecule has 1 unspecified atom stereocenters. The van der Waals surface area contributed by atoms with Crippen LogP contribution in [0.3, 0.4) is 0 Å². The number of carbonyl (C=O) groups is 2. The van der Waals surface area contributed by atoms with Crippen LogP contribution in [0.4, 0.5) is 0 Å². The SMILES string of the molecule is O=C(NC(Cc1ccc(Br)c2ncccc12)C(=O)O)c1c(Cl)cccc1Cl. The fourth-order valence-corrected chi connectivity index (χ4v) is 3.76. The lowest BCUT2D eigenvalue weighted by Crippen LogP contribution is -2.42. The van der Waals surface area contributed by atoms with Crippen LogP contribution in [0.15, 0.2) is 53.1 Å². The number of aliphatic carboxylic acids is 1. The largest absolute Gasteiger partial charge is 0.480 e. The van der Waals surface area contributed by atoms with Gasteiger partial charge in [0.25, 0.3) is 5.91 Å². The van der Waals surface area contributed by atoms with Crippen LogP contribution < -0.4 is 5.32 Å². The van der Waals surface area contributed by atoms with E-state index in [4.69, 9.17) is 23.2 Å². The fraction of sp³-hybridized carbons (Fsp3) is 0.105. The number of amides is 1. The van der Waals surface area contributed by atoms with E-state index in [9.17, 15) is 14.7 Å². The number of nitrogens with one attached hydrogen (secondary N) is 1. The number of carbonyl (C=O) groups excluding carboxylic acids is 1. The standard InChI is InChI=1S/C19H13BrCl2N2O3/c20-12-7-6-10(11-3-2-8-23-17(11)12)9-15(19(26)27)24-18(25)16-13(21)4-1-5-14(16)22/h1-8,15H,9H2,(H,24,25)(H,26,27). The molecule has 0 spiro atoms. The van der Waals surface area contributed by atoms with Crippen LogP contribution in [-0.4, -0.2) is 28.0 Å². The summed E-state index contributed by atoms with van der Waals surface area (Å²) in [6.45, 7) is 0. The van der Waals surface area contributed by atoms with Gasteiger partial charge in [-0.25, -0.2) is 4.79 Å². The zero-order chi connectivity index (χ0) is 19.6. The first kappa shape index (κ1) is 19.6. The lowest BCUT2D eigenvalue weighted by atomic mass is 10.0. The highest BCUT2D eigenvalue weighted by Gasteiger charge is 2.24. The number of nitrogens with zero attached hydrogens (tertiary/aromatic N) is 1. The summed E-state index contributed by atoms with van der Waals surface area (Å²) in [5, 5.41) is 13.2. The number of halogens is 3. The summed E-state index contributed by atoms with van der Waals surface area (Å²) in [4.78, 5) is 28.6. The molecule has 27 heavy (non-hydrogen) atoms. The van der Waals surface area contributed by atoms with Crippen molar-refractivity contribution in [3.63, 3.8) is 0 Å². The lowest BCUT2D eigenvalue weighted by Gasteiger charge is -2.17. The summed E-state index contributed by atoms with van der Waals surface area (Å²) in [6, 6.07) is 10.7. The molecule has 8 heteroatoms. The molecule has 0 saturated carbocycles. The Morgan fingerprint density at radius 2 is 1.81 bits per heavy atom. The Hall–Kier alpha value is -2.15. The van der Waals surface area contributed by atoms with Gasteiger partial charge in [0.05, 0.1) is 21.1 Å². The molecule has 3 rings (SSSR count). The summed E-state index contributed by atoms with van der Waals surface area (Å²) in [5.41, 5.74) is 1.52. The van der Waals surface area contributed by atoms with Crippen molar-refractivity contribution in [3.8, 4) is 0 Å². The van der Waals surface area contributed by atoms with E-state index in [0.29, 0.717) is 0 Å². The summed E-state index contributed by atoms with van der Waals surface area (Å²) in [5.74, 6) is -1.80. The van der Waals surface area contributed by atoms with Crippen molar-refractivity contribution < 1.29 is 14.7 Å². The van der Waals surface area contributed by atoms with Crippen LogP contribution in [0.25, 0.3) is 10.9 Å². The Kier molecular flexibility index (Phi) is 5.99. The summed E-state index contributed by atoms with van der Waals surface area (Å²) in [6.07, 6.45) is 1.74. The minimum atomic E-state index is -1.16. The maximum atomic E-state index is 12.5. The molecule has 2 N–H and O–H groups in total. The molecular weight excluding hydrogens is 455 g/mol. The molecule has 3 aromatic rings. The molecule has 1 amide bonds. The first-order valence-electron chi connectivity index (χ1n) is 7.88. The third-order valence-corrected chi connectivity index (χ3v) is 5.30. The maximum Gasteiger partial charge on any atom is 0.326 e. The smallest absolute Gasteiger partial charge is 0.326 e. The van der Waals surface area contributed by atoms with Gasteiger partial charge in [-0.1, -0.05) is 41.4 Å². The number of hydrogen-bond acceptors (Lipinski definition) is 3. The predicted molar refractivity (Wildman–Crippen MR) is 108 cm³/mol. The number of fused-ring (bicyclic) bond motifs is 1. The van der Waals surface area contributed by atoms with Gasteiger partial charge in [-0.2, -0.15) is 0 Å². The molecule has 0 fully saturated rings. The molecule has 0 radical (unpaired) electrons. The van der Waals surface area contributed by atoms with Crippen molar-refractivity contribution in [3.05, 3.63) is 74.3 Å². The molecule has 0 aliphatic rings. The summed E-state index contributed by atoms with van der Waals surface area (Å²) in [7, 11) is 0. The van der Waals surface area contributed by atoms with Gasteiger partial charge >= 0.3 is 5.97 Å². The number of benzene rings is 2. The lowest BCUT2D eigenvalue weighted by molar-refractivity contribution is -0.139. The summed E-state index contributed by atoms with van der Waals surface area (Å²) >= 11 is 15.5. The third kappa shape index (κ3) is 4.24. The third-order valence-electron chi connectivity index (χ3n) is 4.03. The average molecular weight is 468 g/mol. The minimum Gasteiger partial charge on any atom is -0.480 e. The van der Waals surface area contributed by atoms with Crippen molar-refractivity contribution in [2.24, 2.45) is 0 Å². The molecular formula is C19H13BrCl2N2O3. The molecule has 1 heterocycles. The maximum absolute atomic E-state index is 12.5. The highest BCUT2D eigenvalue weighted by atomic mass is 79.9. The number of aromatic nitrogens is 1.